The number of aromatic nitrogens is 4. The standard InChI is InChI=1S/C16H17N5O2S/c1-4-12-14(24-19-18-12)15(22)17-13-10(2)20(3)21(16(13)23)11-8-6-5-7-9-11/h5-9H,4H2,1-3H3,(H,17,22). The predicted molar refractivity (Wildman–Crippen MR) is 93.0 cm³/mol. The third kappa shape index (κ3) is 2.65. The Bertz CT molecular complexity index is 939. The Hall–Kier alpha value is -2.74. The topological polar surface area (TPSA) is 81.8 Å². The van der Waals surface area contributed by atoms with E-state index in [0.717, 1.165) is 17.2 Å². The molecule has 0 bridgehead atoms. The van der Waals surface area contributed by atoms with Crippen LogP contribution in [-0.4, -0.2) is 24.9 Å². The van der Waals surface area contributed by atoms with Crippen molar-refractivity contribution in [3.8, 4) is 5.69 Å². The lowest BCUT2D eigenvalue weighted by atomic mass is 10.3. The number of para-hydroxylation sites is 1. The number of hydrogen-bond donors (Lipinski definition) is 1. The molecule has 0 spiro atoms. The number of hydrogen-bond acceptors (Lipinski definition) is 5. The van der Waals surface area contributed by atoms with Gasteiger partial charge in [0.05, 0.1) is 17.1 Å². The van der Waals surface area contributed by atoms with Crippen molar-refractivity contribution >= 4 is 23.1 Å². The van der Waals surface area contributed by atoms with E-state index < -0.39 is 0 Å². The van der Waals surface area contributed by atoms with E-state index >= 15 is 0 Å². The van der Waals surface area contributed by atoms with Crippen LogP contribution in [0.15, 0.2) is 35.1 Å². The van der Waals surface area contributed by atoms with Crippen LogP contribution in [0.2, 0.25) is 0 Å². The molecule has 0 aliphatic carbocycles. The van der Waals surface area contributed by atoms with Crippen LogP contribution in [0.4, 0.5) is 5.69 Å². The molecule has 2 heterocycles. The highest BCUT2D eigenvalue weighted by atomic mass is 32.1. The van der Waals surface area contributed by atoms with Gasteiger partial charge in [0.1, 0.15) is 10.6 Å². The van der Waals surface area contributed by atoms with Crippen molar-refractivity contribution in [2.24, 2.45) is 7.05 Å². The molecule has 0 saturated carbocycles. The minimum atomic E-state index is -0.354. The van der Waals surface area contributed by atoms with Crippen molar-refractivity contribution in [2.45, 2.75) is 20.3 Å². The van der Waals surface area contributed by atoms with Gasteiger partial charge in [-0.3, -0.25) is 14.3 Å². The molecule has 0 aliphatic heterocycles. The van der Waals surface area contributed by atoms with Crippen LogP contribution in [0.5, 0.6) is 0 Å². The first-order valence-corrected chi connectivity index (χ1v) is 8.28. The van der Waals surface area contributed by atoms with Gasteiger partial charge in [-0.15, -0.1) is 5.10 Å². The summed E-state index contributed by atoms with van der Waals surface area (Å²) in [6.45, 7) is 3.70. The number of nitrogens with zero attached hydrogens (tertiary/aromatic N) is 4. The van der Waals surface area contributed by atoms with Crippen molar-refractivity contribution in [1.29, 1.82) is 0 Å². The fraction of sp³-hybridized carbons (Fsp3) is 0.250. The molecule has 24 heavy (non-hydrogen) atoms. The predicted octanol–water partition coefficient (Wildman–Crippen LogP) is 2.15. The van der Waals surface area contributed by atoms with Gasteiger partial charge in [-0.2, -0.15) is 0 Å². The van der Waals surface area contributed by atoms with Crippen molar-refractivity contribution in [3.05, 3.63) is 57.0 Å². The lowest BCUT2D eigenvalue weighted by molar-refractivity contribution is 0.102. The number of carbonyl (C=O) groups is 1. The zero-order valence-electron chi connectivity index (χ0n) is 13.6. The molecule has 0 atom stereocenters. The van der Waals surface area contributed by atoms with Crippen LogP contribution < -0.4 is 10.9 Å². The summed E-state index contributed by atoms with van der Waals surface area (Å²) in [5.41, 5.74) is 2.04. The quantitative estimate of drug-likeness (QED) is 0.787. The van der Waals surface area contributed by atoms with Gasteiger partial charge in [-0.05, 0) is 37.0 Å². The Labute approximate surface area is 142 Å². The zero-order chi connectivity index (χ0) is 17.3. The van der Waals surface area contributed by atoms with Crippen molar-refractivity contribution < 1.29 is 4.79 Å². The van der Waals surface area contributed by atoms with Gasteiger partial charge in [0.2, 0.25) is 0 Å². The van der Waals surface area contributed by atoms with E-state index in [1.807, 2.05) is 37.3 Å². The first-order valence-electron chi connectivity index (χ1n) is 7.51. The van der Waals surface area contributed by atoms with E-state index in [9.17, 15) is 9.59 Å². The monoisotopic (exact) mass is 343 g/mol. The number of amides is 1. The highest BCUT2D eigenvalue weighted by Crippen LogP contribution is 2.17. The molecular formula is C16H17N5O2S. The second-order valence-corrected chi connectivity index (χ2v) is 6.05. The van der Waals surface area contributed by atoms with Crippen LogP contribution in [0.25, 0.3) is 5.69 Å². The highest BCUT2D eigenvalue weighted by Gasteiger charge is 2.21. The Morgan fingerprint density at radius 3 is 2.67 bits per heavy atom. The van der Waals surface area contributed by atoms with E-state index in [2.05, 4.69) is 14.9 Å². The summed E-state index contributed by atoms with van der Waals surface area (Å²) in [7, 11) is 1.78. The molecule has 3 rings (SSSR count). The molecule has 7 nitrogen and oxygen atoms in total. The van der Waals surface area contributed by atoms with E-state index in [4.69, 9.17) is 0 Å². The molecule has 2 aromatic heterocycles. The summed E-state index contributed by atoms with van der Waals surface area (Å²) in [6.07, 6.45) is 0.612. The van der Waals surface area contributed by atoms with E-state index in [1.165, 1.54) is 4.68 Å². The fourth-order valence-electron chi connectivity index (χ4n) is 2.49. The molecule has 0 saturated heterocycles. The normalized spacial score (nSPS) is 10.8. The largest absolute Gasteiger partial charge is 0.315 e. The van der Waals surface area contributed by atoms with Crippen LogP contribution in [0, 0.1) is 6.92 Å². The second kappa shape index (κ2) is 6.40. The molecule has 8 heteroatoms. The Morgan fingerprint density at radius 1 is 1.29 bits per heavy atom. The van der Waals surface area contributed by atoms with Gasteiger partial charge >= 0.3 is 0 Å². The van der Waals surface area contributed by atoms with Gasteiger partial charge < -0.3 is 5.32 Å². The molecule has 0 radical (unpaired) electrons. The number of nitrogens with one attached hydrogen (secondary N) is 1. The third-order valence-electron chi connectivity index (χ3n) is 3.89. The molecule has 0 aliphatic rings. The summed E-state index contributed by atoms with van der Waals surface area (Å²) in [5, 5.41) is 6.66. The summed E-state index contributed by atoms with van der Waals surface area (Å²) in [6, 6.07) is 9.29. The van der Waals surface area contributed by atoms with E-state index in [1.54, 1.807) is 18.7 Å². The van der Waals surface area contributed by atoms with Gasteiger partial charge in [0, 0.05) is 7.05 Å². The average molecular weight is 343 g/mol. The highest BCUT2D eigenvalue weighted by molar-refractivity contribution is 7.08. The van der Waals surface area contributed by atoms with E-state index in [0.29, 0.717) is 22.7 Å². The second-order valence-electron chi connectivity index (χ2n) is 5.29. The maximum absolute atomic E-state index is 12.8. The van der Waals surface area contributed by atoms with E-state index in [-0.39, 0.29) is 17.2 Å². The Balaban J connectivity index is 2.01. The summed E-state index contributed by atoms with van der Waals surface area (Å²) in [4.78, 5) is 25.7. The maximum Gasteiger partial charge on any atom is 0.295 e. The minimum absolute atomic E-state index is 0.266. The molecule has 1 amide bonds. The zero-order valence-corrected chi connectivity index (χ0v) is 14.4. The van der Waals surface area contributed by atoms with Crippen LogP contribution >= 0.6 is 11.5 Å². The first kappa shape index (κ1) is 16.1. The van der Waals surface area contributed by atoms with Gasteiger partial charge in [-0.25, -0.2) is 4.68 Å². The Kier molecular flexibility index (Phi) is 4.30. The molecule has 1 N–H and O–H groups in total. The summed E-state index contributed by atoms with van der Waals surface area (Å²) >= 11 is 1.03. The number of rotatable bonds is 4. The molecule has 124 valence electrons. The van der Waals surface area contributed by atoms with Crippen molar-refractivity contribution in [3.63, 3.8) is 0 Å². The number of aryl methyl sites for hydroxylation is 1. The minimum Gasteiger partial charge on any atom is -0.315 e. The molecule has 0 unspecified atom stereocenters. The fourth-order valence-corrected chi connectivity index (χ4v) is 3.14. The molecule has 0 fully saturated rings. The average Bonchev–Trinajstić information content (AvgIpc) is 3.15. The van der Waals surface area contributed by atoms with Crippen LogP contribution in [0.1, 0.15) is 28.0 Å². The lowest BCUT2D eigenvalue weighted by Crippen LogP contribution is -2.23. The van der Waals surface area contributed by atoms with Crippen molar-refractivity contribution in [1.82, 2.24) is 19.0 Å². The van der Waals surface area contributed by atoms with Gasteiger partial charge in [-0.1, -0.05) is 29.6 Å². The maximum atomic E-state index is 12.8. The first-order chi connectivity index (χ1) is 11.5. The van der Waals surface area contributed by atoms with Crippen LogP contribution in [0.3, 0.4) is 0 Å². The van der Waals surface area contributed by atoms with Gasteiger partial charge in [0.25, 0.3) is 11.5 Å². The SMILES string of the molecule is CCc1nnsc1C(=O)Nc1c(C)n(C)n(-c2ccccc2)c1=O. The van der Waals surface area contributed by atoms with Gasteiger partial charge in [0.15, 0.2) is 0 Å². The van der Waals surface area contributed by atoms with Crippen molar-refractivity contribution in [2.75, 3.05) is 5.32 Å². The molecular weight excluding hydrogens is 326 g/mol. The molecule has 1 aromatic carbocycles. The van der Waals surface area contributed by atoms with Crippen LogP contribution in [-0.2, 0) is 13.5 Å². The lowest BCUT2D eigenvalue weighted by Gasteiger charge is -2.07. The summed E-state index contributed by atoms with van der Waals surface area (Å²) < 4.78 is 7.06. The summed E-state index contributed by atoms with van der Waals surface area (Å²) in [5.74, 6) is -0.354. The Morgan fingerprint density at radius 2 is 2.00 bits per heavy atom. The number of anilines is 1. The smallest absolute Gasteiger partial charge is 0.295 e. The number of benzene rings is 1. The molecule has 3 aromatic rings. The third-order valence-corrected chi connectivity index (χ3v) is 4.66. The number of carbonyl (C=O) groups excluding carboxylic acids is 1.